The highest BCUT2D eigenvalue weighted by Crippen LogP contribution is 2.43. The lowest BCUT2D eigenvalue weighted by molar-refractivity contribution is 0.102. The third kappa shape index (κ3) is 4.56. The molecule has 156 valence electrons. The summed E-state index contributed by atoms with van der Waals surface area (Å²) < 4.78 is 2.84. The van der Waals surface area contributed by atoms with Crippen LogP contribution in [0.15, 0.2) is 36.9 Å². The molecule has 3 aromatic rings. The van der Waals surface area contributed by atoms with Crippen LogP contribution in [0.1, 0.15) is 32.6 Å². The molecule has 1 amide bonds. The highest BCUT2D eigenvalue weighted by molar-refractivity contribution is 8.16. The zero-order chi connectivity index (χ0) is 21.1. The first kappa shape index (κ1) is 21.4. The quantitative estimate of drug-likeness (QED) is 0.353. The number of aromatic nitrogens is 4. The predicted octanol–water partition coefficient (Wildman–Crippen LogP) is 5.68. The van der Waals surface area contributed by atoms with Gasteiger partial charge < -0.3 is 0 Å². The van der Waals surface area contributed by atoms with Crippen LogP contribution in [-0.4, -0.2) is 37.2 Å². The molecular weight excluding hydrogens is 455 g/mol. The zero-order valence-corrected chi connectivity index (χ0v) is 19.6. The van der Waals surface area contributed by atoms with E-state index in [0.717, 1.165) is 10.6 Å². The summed E-state index contributed by atoms with van der Waals surface area (Å²) in [6.07, 6.45) is 3.03. The Bertz CT molecular complexity index is 1110. The zero-order valence-electron chi connectivity index (χ0n) is 16.4. The number of aromatic amines is 1. The second-order valence-corrected chi connectivity index (χ2v) is 10.8. The molecule has 0 atom stereocenters. The number of allylic oxidation sites excluding steroid dienone is 1. The summed E-state index contributed by atoms with van der Waals surface area (Å²) in [5.41, 5.74) is 2.67. The fourth-order valence-electron chi connectivity index (χ4n) is 3.09. The van der Waals surface area contributed by atoms with Crippen LogP contribution in [-0.2, 0) is 6.54 Å². The van der Waals surface area contributed by atoms with E-state index in [-0.39, 0.29) is 5.91 Å². The van der Waals surface area contributed by atoms with E-state index < -0.39 is 0 Å². The number of carbonyl (C=O) groups is 1. The Hall–Kier alpha value is -1.88. The number of hydrogen-bond acceptors (Lipinski definition) is 7. The van der Waals surface area contributed by atoms with Crippen molar-refractivity contribution in [3.05, 3.63) is 58.5 Å². The Morgan fingerprint density at radius 1 is 1.37 bits per heavy atom. The third-order valence-electron chi connectivity index (χ3n) is 4.56. The molecule has 1 aliphatic rings. The number of thiazole rings is 1. The van der Waals surface area contributed by atoms with E-state index >= 15 is 0 Å². The van der Waals surface area contributed by atoms with Crippen molar-refractivity contribution in [3.63, 3.8) is 0 Å². The number of hydrogen-bond donors (Lipinski definition) is 2. The van der Waals surface area contributed by atoms with Gasteiger partial charge in [0.1, 0.15) is 0 Å². The molecule has 1 aliphatic heterocycles. The van der Waals surface area contributed by atoms with Gasteiger partial charge in [-0.1, -0.05) is 29.5 Å². The Morgan fingerprint density at radius 2 is 2.10 bits per heavy atom. The van der Waals surface area contributed by atoms with Crippen LogP contribution in [0.25, 0.3) is 10.7 Å². The SMILES string of the molecule is C=CCn1c(-c2sc(NC(=O)c3ccc(C4SCCCS4)cc3)nc2C)n[nH]c1=S. The first-order valence-electron chi connectivity index (χ1n) is 9.45. The summed E-state index contributed by atoms with van der Waals surface area (Å²) in [7, 11) is 0. The second-order valence-electron chi connectivity index (χ2n) is 6.69. The van der Waals surface area contributed by atoms with Crippen molar-refractivity contribution >= 4 is 58.1 Å². The van der Waals surface area contributed by atoms with Gasteiger partial charge in [0.25, 0.3) is 5.91 Å². The Labute approximate surface area is 192 Å². The molecule has 10 heteroatoms. The molecule has 2 N–H and O–H groups in total. The van der Waals surface area contributed by atoms with E-state index in [1.807, 2.05) is 47.1 Å². The van der Waals surface area contributed by atoms with Gasteiger partial charge >= 0.3 is 0 Å². The molecule has 0 aliphatic carbocycles. The molecule has 4 rings (SSSR count). The summed E-state index contributed by atoms with van der Waals surface area (Å²) in [6, 6.07) is 7.88. The van der Waals surface area contributed by atoms with Gasteiger partial charge in [0.15, 0.2) is 15.7 Å². The van der Waals surface area contributed by atoms with Crippen LogP contribution in [0, 0.1) is 11.7 Å². The smallest absolute Gasteiger partial charge is 0.257 e. The van der Waals surface area contributed by atoms with Crippen molar-refractivity contribution in [1.82, 2.24) is 19.7 Å². The van der Waals surface area contributed by atoms with Crippen molar-refractivity contribution in [2.45, 2.75) is 24.5 Å². The van der Waals surface area contributed by atoms with Gasteiger partial charge in [0, 0.05) is 12.1 Å². The van der Waals surface area contributed by atoms with Crippen molar-refractivity contribution in [2.24, 2.45) is 0 Å². The highest BCUT2D eigenvalue weighted by atomic mass is 32.2. The van der Waals surface area contributed by atoms with Gasteiger partial charge in [-0.15, -0.1) is 30.1 Å². The number of thioether (sulfide) groups is 2. The van der Waals surface area contributed by atoms with Crippen molar-refractivity contribution in [2.75, 3.05) is 16.8 Å². The van der Waals surface area contributed by atoms with Gasteiger partial charge in [-0.2, -0.15) is 5.10 Å². The maximum atomic E-state index is 12.7. The number of rotatable bonds is 6. The molecule has 1 aromatic carbocycles. The number of anilines is 1. The average Bonchev–Trinajstić information content (AvgIpc) is 3.31. The highest BCUT2D eigenvalue weighted by Gasteiger charge is 2.19. The topological polar surface area (TPSA) is 75.6 Å². The van der Waals surface area contributed by atoms with Crippen LogP contribution in [0.4, 0.5) is 5.13 Å². The largest absolute Gasteiger partial charge is 0.298 e. The third-order valence-corrected chi connectivity index (χ3v) is 8.96. The number of aryl methyl sites for hydroxylation is 1. The average molecular weight is 476 g/mol. The van der Waals surface area contributed by atoms with Crippen molar-refractivity contribution in [3.8, 4) is 10.7 Å². The van der Waals surface area contributed by atoms with E-state index in [1.165, 1.54) is 34.8 Å². The number of nitrogens with zero attached hydrogens (tertiary/aromatic N) is 3. The molecule has 30 heavy (non-hydrogen) atoms. The summed E-state index contributed by atoms with van der Waals surface area (Å²) in [6.45, 7) is 6.21. The molecule has 0 saturated carbocycles. The van der Waals surface area contributed by atoms with E-state index in [9.17, 15) is 4.79 Å². The molecule has 3 heterocycles. The van der Waals surface area contributed by atoms with E-state index in [0.29, 0.717) is 32.4 Å². The molecular formula is C20H21N5OS4. The van der Waals surface area contributed by atoms with Crippen LogP contribution >= 0.6 is 47.1 Å². The summed E-state index contributed by atoms with van der Waals surface area (Å²) in [4.78, 5) is 18.1. The Kier molecular flexibility index (Phi) is 6.77. The second kappa shape index (κ2) is 9.51. The van der Waals surface area contributed by atoms with E-state index in [1.54, 1.807) is 6.08 Å². The monoisotopic (exact) mass is 475 g/mol. The molecule has 0 spiro atoms. The lowest BCUT2D eigenvalue weighted by Gasteiger charge is -2.21. The molecule has 1 saturated heterocycles. The van der Waals surface area contributed by atoms with Crippen molar-refractivity contribution in [1.29, 1.82) is 0 Å². The van der Waals surface area contributed by atoms with Crippen molar-refractivity contribution < 1.29 is 4.79 Å². The Balaban J connectivity index is 1.50. The summed E-state index contributed by atoms with van der Waals surface area (Å²) in [5, 5.41) is 10.6. The number of amides is 1. The molecule has 2 aromatic heterocycles. The predicted molar refractivity (Wildman–Crippen MR) is 130 cm³/mol. The lowest BCUT2D eigenvalue weighted by atomic mass is 10.1. The minimum Gasteiger partial charge on any atom is -0.298 e. The normalized spacial score (nSPS) is 14.6. The molecule has 6 nitrogen and oxygen atoms in total. The van der Waals surface area contributed by atoms with Gasteiger partial charge in [-0.3, -0.25) is 19.8 Å². The number of H-pyrrole nitrogens is 1. The van der Waals surface area contributed by atoms with Gasteiger partial charge in [-0.05, 0) is 54.8 Å². The minimum atomic E-state index is -0.171. The number of benzene rings is 1. The molecule has 1 fully saturated rings. The minimum absolute atomic E-state index is 0.171. The maximum absolute atomic E-state index is 12.7. The summed E-state index contributed by atoms with van der Waals surface area (Å²) >= 11 is 10.6. The van der Waals surface area contributed by atoms with Crippen LogP contribution in [0.3, 0.4) is 0 Å². The molecule has 0 radical (unpaired) electrons. The first-order chi connectivity index (χ1) is 14.6. The summed E-state index contributed by atoms with van der Waals surface area (Å²) in [5.74, 6) is 2.92. The van der Waals surface area contributed by atoms with Crippen LogP contribution in [0.2, 0.25) is 0 Å². The van der Waals surface area contributed by atoms with Crippen LogP contribution in [0.5, 0.6) is 0 Å². The van der Waals surface area contributed by atoms with Gasteiger partial charge in [-0.25, -0.2) is 4.98 Å². The van der Waals surface area contributed by atoms with Crippen LogP contribution < -0.4 is 5.32 Å². The fraction of sp³-hybridized carbons (Fsp3) is 0.300. The Morgan fingerprint density at radius 3 is 2.80 bits per heavy atom. The number of nitrogens with one attached hydrogen (secondary N) is 2. The van der Waals surface area contributed by atoms with Gasteiger partial charge in [0.2, 0.25) is 0 Å². The first-order valence-corrected chi connectivity index (χ1v) is 12.8. The lowest BCUT2D eigenvalue weighted by Crippen LogP contribution is -2.11. The van der Waals surface area contributed by atoms with Gasteiger partial charge in [0.05, 0.1) is 15.2 Å². The standard InChI is InChI=1S/C20H21N5OS4/c1-3-9-25-16(23-24-20(25)27)15-12(2)21-19(30-15)22-17(26)13-5-7-14(8-6-13)18-28-10-4-11-29-18/h3,5-8,18H,1,4,9-11H2,2H3,(H,24,27)(H,21,22,26). The van der Waals surface area contributed by atoms with E-state index in [4.69, 9.17) is 12.2 Å². The van der Waals surface area contributed by atoms with E-state index in [2.05, 4.69) is 39.2 Å². The fourth-order valence-corrected chi connectivity index (χ4v) is 7.15. The molecule has 0 bridgehead atoms. The number of carbonyl (C=O) groups excluding carboxylic acids is 1. The molecule has 0 unspecified atom stereocenters. The maximum Gasteiger partial charge on any atom is 0.257 e.